The van der Waals surface area contributed by atoms with E-state index in [4.69, 9.17) is 9.47 Å². The SMILES string of the molecule is CCOc1ccc2c(c1)OC1(CCCC1)CC2NC. The Morgan fingerprint density at radius 3 is 2.84 bits per heavy atom. The molecule has 3 rings (SSSR count). The van der Waals surface area contributed by atoms with E-state index in [1.807, 2.05) is 20.0 Å². The monoisotopic (exact) mass is 261 g/mol. The van der Waals surface area contributed by atoms with E-state index >= 15 is 0 Å². The van der Waals surface area contributed by atoms with Crippen LogP contribution in [0.25, 0.3) is 0 Å². The minimum atomic E-state index is 0.0610. The first-order valence-corrected chi connectivity index (χ1v) is 7.39. The zero-order valence-electron chi connectivity index (χ0n) is 11.9. The molecule has 1 heterocycles. The lowest BCUT2D eigenvalue weighted by Crippen LogP contribution is -2.41. The van der Waals surface area contributed by atoms with E-state index < -0.39 is 0 Å². The maximum absolute atomic E-state index is 6.38. The summed E-state index contributed by atoms with van der Waals surface area (Å²) in [7, 11) is 2.04. The highest BCUT2D eigenvalue weighted by Gasteiger charge is 2.42. The van der Waals surface area contributed by atoms with Crippen molar-refractivity contribution in [3.63, 3.8) is 0 Å². The molecule has 1 spiro atoms. The molecule has 3 nitrogen and oxygen atoms in total. The maximum atomic E-state index is 6.38. The van der Waals surface area contributed by atoms with E-state index in [1.165, 1.54) is 31.2 Å². The summed E-state index contributed by atoms with van der Waals surface area (Å²) in [4.78, 5) is 0. The average molecular weight is 261 g/mol. The molecule has 2 aliphatic rings. The summed E-state index contributed by atoms with van der Waals surface area (Å²) < 4.78 is 12.0. The van der Waals surface area contributed by atoms with Gasteiger partial charge >= 0.3 is 0 Å². The molecule has 1 aliphatic carbocycles. The molecule has 1 fully saturated rings. The topological polar surface area (TPSA) is 30.5 Å². The molecule has 1 unspecified atom stereocenters. The number of ether oxygens (including phenoxy) is 2. The molecule has 19 heavy (non-hydrogen) atoms. The molecule has 3 heteroatoms. The molecule has 1 saturated carbocycles. The van der Waals surface area contributed by atoms with Crippen molar-refractivity contribution in [2.24, 2.45) is 0 Å². The smallest absolute Gasteiger partial charge is 0.128 e. The Morgan fingerprint density at radius 1 is 1.37 bits per heavy atom. The quantitative estimate of drug-likeness (QED) is 0.904. The van der Waals surface area contributed by atoms with E-state index in [-0.39, 0.29) is 5.60 Å². The van der Waals surface area contributed by atoms with Gasteiger partial charge in [0.05, 0.1) is 6.61 Å². The molecule has 1 aromatic rings. The molecule has 0 bridgehead atoms. The van der Waals surface area contributed by atoms with E-state index in [0.717, 1.165) is 17.9 Å². The van der Waals surface area contributed by atoms with Gasteiger partial charge in [-0.2, -0.15) is 0 Å². The van der Waals surface area contributed by atoms with Gasteiger partial charge in [0.2, 0.25) is 0 Å². The van der Waals surface area contributed by atoms with Gasteiger partial charge in [0.25, 0.3) is 0 Å². The van der Waals surface area contributed by atoms with E-state index in [2.05, 4.69) is 17.4 Å². The lowest BCUT2D eigenvalue weighted by molar-refractivity contribution is 0.0377. The second-order valence-corrected chi connectivity index (χ2v) is 5.67. The molecule has 0 saturated heterocycles. The molecule has 0 amide bonds. The predicted octanol–water partition coefficient (Wildman–Crippen LogP) is 3.44. The number of nitrogens with one attached hydrogen (secondary N) is 1. The number of hydrogen-bond acceptors (Lipinski definition) is 3. The van der Waals surface area contributed by atoms with Crippen LogP contribution in [0.2, 0.25) is 0 Å². The summed E-state index contributed by atoms with van der Waals surface area (Å²) in [6.45, 7) is 2.70. The van der Waals surface area contributed by atoms with Crippen molar-refractivity contribution in [2.75, 3.05) is 13.7 Å². The van der Waals surface area contributed by atoms with Gasteiger partial charge in [-0.1, -0.05) is 6.07 Å². The Morgan fingerprint density at radius 2 is 2.16 bits per heavy atom. The summed E-state index contributed by atoms with van der Waals surface area (Å²) in [6.07, 6.45) is 6.03. The van der Waals surface area contributed by atoms with Crippen molar-refractivity contribution in [2.45, 2.75) is 50.7 Å². The average Bonchev–Trinajstić information content (AvgIpc) is 2.85. The van der Waals surface area contributed by atoms with Gasteiger partial charge in [0.1, 0.15) is 17.1 Å². The lowest BCUT2D eigenvalue weighted by Gasteiger charge is -2.40. The number of rotatable bonds is 3. The van der Waals surface area contributed by atoms with Crippen LogP contribution in [0.4, 0.5) is 0 Å². The third-order valence-electron chi connectivity index (χ3n) is 4.44. The van der Waals surface area contributed by atoms with Crippen LogP contribution in [-0.4, -0.2) is 19.3 Å². The highest BCUT2D eigenvalue weighted by molar-refractivity contribution is 5.44. The Balaban J connectivity index is 1.94. The van der Waals surface area contributed by atoms with Crippen molar-refractivity contribution >= 4 is 0 Å². The van der Waals surface area contributed by atoms with Gasteiger partial charge in [-0.3, -0.25) is 0 Å². The fourth-order valence-electron chi connectivity index (χ4n) is 3.49. The fraction of sp³-hybridized carbons (Fsp3) is 0.625. The van der Waals surface area contributed by atoms with Crippen molar-refractivity contribution in [3.05, 3.63) is 23.8 Å². The molecule has 1 aliphatic heterocycles. The minimum absolute atomic E-state index is 0.0610. The third kappa shape index (κ3) is 2.32. The molecule has 1 aromatic carbocycles. The van der Waals surface area contributed by atoms with Crippen LogP contribution in [-0.2, 0) is 0 Å². The highest BCUT2D eigenvalue weighted by atomic mass is 16.5. The largest absolute Gasteiger partial charge is 0.494 e. The first-order valence-electron chi connectivity index (χ1n) is 7.39. The van der Waals surface area contributed by atoms with Crippen molar-refractivity contribution < 1.29 is 9.47 Å². The number of fused-ring (bicyclic) bond motifs is 1. The Labute approximate surface area is 115 Å². The first kappa shape index (κ1) is 12.8. The molecule has 0 aromatic heterocycles. The number of benzene rings is 1. The molecular weight excluding hydrogens is 238 g/mol. The highest BCUT2D eigenvalue weighted by Crippen LogP contribution is 2.47. The maximum Gasteiger partial charge on any atom is 0.128 e. The first-order chi connectivity index (χ1) is 9.26. The van der Waals surface area contributed by atoms with Gasteiger partial charge in [0.15, 0.2) is 0 Å². The summed E-state index contributed by atoms with van der Waals surface area (Å²) in [6, 6.07) is 6.64. The molecule has 1 N–H and O–H groups in total. The van der Waals surface area contributed by atoms with Crippen LogP contribution in [0.3, 0.4) is 0 Å². The summed E-state index contributed by atoms with van der Waals surface area (Å²) in [5, 5.41) is 3.44. The summed E-state index contributed by atoms with van der Waals surface area (Å²) >= 11 is 0. The second kappa shape index (κ2) is 5.04. The Bertz CT molecular complexity index is 452. The van der Waals surface area contributed by atoms with Crippen LogP contribution in [0, 0.1) is 0 Å². The third-order valence-corrected chi connectivity index (χ3v) is 4.44. The van der Waals surface area contributed by atoms with Crippen LogP contribution < -0.4 is 14.8 Å². The Kier molecular flexibility index (Phi) is 3.40. The normalized spacial score (nSPS) is 24.0. The van der Waals surface area contributed by atoms with E-state index in [1.54, 1.807) is 0 Å². The molecule has 104 valence electrons. The molecule has 1 atom stereocenters. The second-order valence-electron chi connectivity index (χ2n) is 5.67. The standard InChI is InChI=1S/C16H23NO2/c1-3-18-12-6-7-13-14(17-2)11-16(8-4-5-9-16)19-15(13)10-12/h6-7,10,14,17H,3-5,8-9,11H2,1-2H3. The van der Waals surface area contributed by atoms with E-state index in [9.17, 15) is 0 Å². The van der Waals surface area contributed by atoms with Crippen molar-refractivity contribution in [1.82, 2.24) is 5.32 Å². The zero-order valence-corrected chi connectivity index (χ0v) is 11.9. The van der Waals surface area contributed by atoms with Crippen molar-refractivity contribution in [3.8, 4) is 11.5 Å². The van der Waals surface area contributed by atoms with Gasteiger partial charge in [-0.25, -0.2) is 0 Å². The zero-order chi connectivity index (χ0) is 13.3. The van der Waals surface area contributed by atoms with E-state index in [0.29, 0.717) is 12.6 Å². The molecular formula is C16H23NO2. The number of hydrogen-bond donors (Lipinski definition) is 1. The summed E-state index contributed by atoms with van der Waals surface area (Å²) in [5.74, 6) is 1.92. The Hall–Kier alpha value is -1.22. The van der Waals surface area contributed by atoms with Crippen LogP contribution in [0.5, 0.6) is 11.5 Å². The lowest BCUT2D eigenvalue weighted by atomic mass is 9.86. The van der Waals surface area contributed by atoms with Gasteiger partial charge < -0.3 is 14.8 Å². The van der Waals surface area contributed by atoms with Crippen molar-refractivity contribution in [1.29, 1.82) is 0 Å². The van der Waals surface area contributed by atoms with Crippen LogP contribution >= 0.6 is 0 Å². The van der Waals surface area contributed by atoms with Crippen LogP contribution in [0.15, 0.2) is 18.2 Å². The van der Waals surface area contributed by atoms with Gasteiger partial charge in [0, 0.05) is 24.1 Å². The fourth-order valence-corrected chi connectivity index (χ4v) is 3.49. The predicted molar refractivity (Wildman–Crippen MR) is 75.9 cm³/mol. The van der Waals surface area contributed by atoms with Gasteiger partial charge in [-0.05, 0) is 45.7 Å². The minimum Gasteiger partial charge on any atom is -0.494 e. The van der Waals surface area contributed by atoms with Gasteiger partial charge in [-0.15, -0.1) is 0 Å². The summed E-state index contributed by atoms with van der Waals surface area (Å²) in [5.41, 5.74) is 1.33. The van der Waals surface area contributed by atoms with Crippen LogP contribution in [0.1, 0.15) is 50.6 Å². The molecule has 0 radical (unpaired) electrons.